The Kier molecular flexibility index (Phi) is 10.5. The molecule has 5 aromatic rings. The highest BCUT2D eigenvalue weighted by Crippen LogP contribution is 2.48. The average molecular weight is 882 g/mol. The molecule has 0 radical (unpaired) electrons. The molecule has 10 rings (SSSR count). The second kappa shape index (κ2) is 15.8. The fourth-order valence-electron chi connectivity index (χ4n) is 10.2. The highest BCUT2D eigenvalue weighted by Gasteiger charge is 2.51. The number of carbonyl (C=O) groups excluding carboxylic acids is 1. The number of carbonyl (C=O) groups is 1. The number of likely N-dealkylation sites (tertiary alicyclic amines) is 2. The van der Waals surface area contributed by atoms with Crippen LogP contribution in [0.1, 0.15) is 91.0 Å². The molecule has 13 nitrogen and oxygen atoms in total. The van der Waals surface area contributed by atoms with Gasteiger partial charge in [-0.2, -0.15) is 4.98 Å². The number of methoxy groups -OCH3 is 2. The summed E-state index contributed by atoms with van der Waals surface area (Å²) < 4.78 is 52.0. The number of aliphatic hydroxyl groups is 1. The van der Waals surface area contributed by atoms with Gasteiger partial charge >= 0.3 is 0 Å². The molecule has 0 bridgehead atoms. The van der Waals surface area contributed by atoms with Crippen LogP contribution in [0.5, 0.6) is 17.5 Å². The van der Waals surface area contributed by atoms with Gasteiger partial charge in [-0.05, 0) is 123 Å². The number of hydrogen-bond acceptors (Lipinski definition) is 12. The van der Waals surface area contributed by atoms with Crippen LogP contribution in [-0.2, 0) is 34.2 Å². The molecule has 1 amide bonds. The van der Waals surface area contributed by atoms with E-state index < -0.39 is 20.7 Å². The van der Waals surface area contributed by atoms with Crippen LogP contribution < -0.4 is 18.9 Å². The van der Waals surface area contributed by atoms with Crippen molar-refractivity contribution in [2.24, 2.45) is 5.92 Å². The summed E-state index contributed by atoms with van der Waals surface area (Å²) in [6.45, 7) is 6.99. The summed E-state index contributed by atoms with van der Waals surface area (Å²) in [4.78, 5) is 27.4. The molecular formula is C47H52ClN5O8S. The highest BCUT2D eigenvalue weighted by molar-refractivity contribution is 7.91. The number of benzene rings is 3. The molecule has 326 valence electrons. The Balaban J connectivity index is 0.893. The Morgan fingerprint density at radius 3 is 2.47 bits per heavy atom. The number of amides is 1. The van der Waals surface area contributed by atoms with Gasteiger partial charge in [-0.25, -0.2) is 13.4 Å². The van der Waals surface area contributed by atoms with Gasteiger partial charge in [-0.3, -0.25) is 19.3 Å². The van der Waals surface area contributed by atoms with E-state index in [0.717, 1.165) is 83.2 Å². The number of hydrogen-bond donors (Lipinski definition) is 2. The highest BCUT2D eigenvalue weighted by atomic mass is 35.5. The maximum absolute atomic E-state index is 13.1. The van der Waals surface area contributed by atoms with Crippen molar-refractivity contribution in [3.63, 3.8) is 0 Å². The third kappa shape index (κ3) is 7.21. The molecular weight excluding hydrogens is 830 g/mol. The molecule has 3 fully saturated rings. The molecule has 1 saturated carbocycles. The SMILES string of the molecule is COc1nc(O[C@H]2CCc3c(-c4cccc(-c5nc6cc7c(c(OC)c6o5)CC[C@H]7N5CC[C@@H](C(=O)NS(=O)(=O)C6(C)CC6)C5)c4C)cccc32)c(Cl)cc1CN1CC[C@@H](O)C1. The lowest BCUT2D eigenvalue weighted by atomic mass is 9.91. The Morgan fingerprint density at radius 2 is 1.71 bits per heavy atom. The lowest BCUT2D eigenvalue weighted by Crippen LogP contribution is -2.42. The van der Waals surface area contributed by atoms with Gasteiger partial charge in [0.1, 0.15) is 16.6 Å². The minimum Gasteiger partial charge on any atom is -0.492 e. The van der Waals surface area contributed by atoms with Gasteiger partial charge in [-0.1, -0.05) is 41.9 Å². The molecule has 2 saturated heterocycles. The van der Waals surface area contributed by atoms with Crippen LogP contribution in [0.4, 0.5) is 0 Å². The summed E-state index contributed by atoms with van der Waals surface area (Å²) in [6.07, 6.45) is 5.19. The van der Waals surface area contributed by atoms with E-state index in [1.165, 1.54) is 5.56 Å². The molecule has 2 aliphatic heterocycles. The molecule has 62 heavy (non-hydrogen) atoms. The van der Waals surface area contributed by atoms with Crippen molar-refractivity contribution in [1.82, 2.24) is 24.5 Å². The number of aromatic nitrogens is 2. The standard InChI is InChI=1S/C47H52ClN5O8S/c1-26-30(32-9-6-10-34-33(32)12-14-40(34)60-46-37(48)21-28(44(50-46)59-4)23-52-19-16-29(54)25-52)7-5-8-31(26)45-49-38-22-36-35(41(58-3)42(38)61-45)11-13-39(36)53-20-15-27(24-53)43(55)51-62(56,57)47(2)17-18-47/h5-10,21-22,27,29,39-40,54H,11-20,23-25H2,1-4H3,(H,51,55)/t27-,29-,39-,40+/m1/s1. The van der Waals surface area contributed by atoms with Crippen LogP contribution >= 0.6 is 11.6 Å². The lowest BCUT2D eigenvalue weighted by molar-refractivity contribution is -0.122. The van der Waals surface area contributed by atoms with Crippen LogP contribution in [0.15, 0.2) is 52.9 Å². The van der Waals surface area contributed by atoms with Crippen molar-refractivity contribution < 1.29 is 36.9 Å². The van der Waals surface area contributed by atoms with E-state index in [1.807, 2.05) is 18.2 Å². The van der Waals surface area contributed by atoms with Crippen LogP contribution in [0.3, 0.4) is 0 Å². The number of fused-ring (bicyclic) bond motifs is 3. The van der Waals surface area contributed by atoms with Crippen molar-refractivity contribution in [1.29, 1.82) is 0 Å². The third-order valence-electron chi connectivity index (χ3n) is 14.0. The fraction of sp³-hybridized carbons (Fsp3) is 0.468. The van der Waals surface area contributed by atoms with Gasteiger partial charge in [0.2, 0.25) is 33.6 Å². The first-order valence-corrected chi connectivity index (χ1v) is 23.5. The number of rotatable bonds is 12. The van der Waals surface area contributed by atoms with Crippen LogP contribution in [0.2, 0.25) is 5.02 Å². The summed E-state index contributed by atoms with van der Waals surface area (Å²) in [7, 11) is -0.421. The number of aliphatic hydroxyl groups excluding tert-OH is 1. The van der Waals surface area contributed by atoms with Crippen molar-refractivity contribution >= 4 is 38.6 Å². The van der Waals surface area contributed by atoms with E-state index in [9.17, 15) is 18.3 Å². The average Bonchev–Trinajstić information content (AvgIpc) is 3.86. The number of nitrogens with one attached hydrogen (secondary N) is 1. The zero-order valence-corrected chi connectivity index (χ0v) is 37.1. The van der Waals surface area contributed by atoms with Crippen LogP contribution in [0.25, 0.3) is 33.7 Å². The number of β-amino-alcohol motifs (C(OH)–C–C–N with tert-alkyl or cyclic N) is 1. The number of oxazole rings is 1. The molecule has 4 atom stereocenters. The molecule has 3 aliphatic carbocycles. The van der Waals surface area contributed by atoms with Crippen molar-refractivity contribution in [2.45, 2.75) is 94.8 Å². The van der Waals surface area contributed by atoms with Gasteiger partial charge in [0, 0.05) is 48.9 Å². The zero-order valence-electron chi connectivity index (χ0n) is 35.5. The molecule has 15 heteroatoms. The predicted molar refractivity (Wildman–Crippen MR) is 235 cm³/mol. The first-order valence-electron chi connectivity index (χ1n) is 21.7. The number of nitrogens with zero attached hydrogens (tertiary/aromatic N) is 4. The molecule has 5 aliphatic rings. The van der Waals surface area contributed by atoms with E-state index in [-0.39, 0.29) is 24.2 Å². The summed E-state index contributed by atoms with van der Waals surface area (Å²) >= 11 is 6.80. The molecule has 0 spiro atoms. The van der Waals surface area contributed by atoms with E-state index in [2.05, 4.69) is 51.8 Å². The number of pyridine rings is 1. The lowest BCUT2D eigenvalue weighted by Gasteiger charge is -2.25. The Hall–Kier alpha value is -4.73. The van der Waals surface area contributed by atoms with E-state index >= 15 is 0 Å². The number of ether oxygens (including phenoxy) is 3. The minimum absolute atomic E-state index is 0.0562. The Bertz CT molecular complexity index is 2720. The van der Waals surface area contributed by atoms with Crippen molar-refractivity contribution in [2.75, 3.05) is 40.4 Å². The van der Waals surface area contributed by atoms with Crippen molar-refractivity contribution in [3.05, 3.63) is 86.9 Å². The summed E-state index contributed by atoms with van der Waals surface area (Å²) in [6, 6.07) is 16.6. The van der Waals surface area contributed by atoms with Gasteiger partial charge in [0.15, 0.2) is 11.3 Å². The monoisotopic (exact) mass is 881 g/mol. The molecule has 2 aromatic heterocycles. The van der Waals surface area contributed by atoms with E-state index in [4.69, 9.17) is 40.2 Å². The summed E-state index contributed by atoms with van der Waals surface area (Å²) in [5, 5.41) is 10.4. The second-order valence-electron chi connectivity index (χ2n) is 17.9. The minimum atomic E-state index is -3.68. The van der Waals surface area contributed by atoms with Gasteiger partial charge < -0.3 is 23.7 Å². The first-order chi connectivity index (χ1) is 29.8. The quantitative estimate of drug-likeness (QED) is 0.128. The van der Waals surface area contributed by atoms with Gasteiger partial charge in [0.25, 0.3) is 0 Å². The number of sulfonamides is 1. The largest absolute Gasteiger partial charge is 0.492 e. The molecule has 2 N–H and O–H groups in total. The second-order valence-corrected chi connectivity index (χ2v) is 20.5. The van der Waals surface area contributed by atoms with Gasteiger partial charge in [0.05, 0.1) is 31.0 Å². The van der Waals surface area contributed by atoms with Crippen LogP contribution in [-0.4, -0.2) is 90.4 Å². The molecule has 0 unspecified atom stereocenters. The van der Waals surface area contributed by atoms with E-state index in [0.29, 0.717) is 85.0 Å². The topological polar surface area (TPSA) is 157 Å². The van der Waals surface area contributed by atoms with Crippen molar-refractivity contribution in [3.8, 4) is 40.1 Å². The third-order valence-corrected chi connectivity index (χ3v) is 16.5. The zero-order chi connectivity index (χ0) is 43.1. The summed E-state index contributed by atoms with van der Waals surface area (Å²) in [5.41, 5.74) is 10.8. The molecule has 3 aromatic carbocycles. The fourth-order valence-corrected chi connectivity index (χ4v) is 11.7. The smallest absolute Gasteiger partial charge is 0.240 e. The van der Waals surface area contributed by atoms with Gasteiger partial charge in [-0.15, -0.1) is 0 Å². The number of halogens is 1. The molecule has 4 heterocycles. The maximum Gasteiger partial charge on any atom is 0.240 e. The first kappa shape index (κ1) is 41.3. The Morgan fingerprint density at radius 1 is 0.935 bits per heavy atom. The normalized spacial score (nSPS) is 23.1. The maximum atomic E-state index is 13.1. The Labute approximate surface area is 366 Å². The predicted octanol–water partition coefficient (Wildman–Crippen LogP) is 7.48. The van der Waals surface area contributed by atoms with E-state index in [1.54, 1.807) is 21.1 Å². The summed E-state index contributed by atoms with van der Waals surface area (Å²) in [5.74, 6) is 1.20. The van der Waals surface area contributed by atoms with Crippen LogP contribution in [0, 0.1) is 12.8 Å².